The summed E-state index contributed by atoms with van der Waals surface area (Å²) in [7, 11) is 0. The molecule has 0 saturated carbocycles. The number of aryl methyl sites for hydroxylation is 1. The minimum atomic E-state index is -0.486. The maximum absolute atomic E-state index is 11.0. The lowest BCUT2D eigenvalue weighted by Crippen LogP contribution is -2.11. The molecule has 0 aliphatic rings. The molecule has 0 unspecified atom stereocenters. The van der Waals surface area contributed by atoms with Gasteiger partial charge in [0.15, 0.2) is 4.34 Å². The first-order valence-electron chi connectivity index (χ1n) is 4.73. The zero-order valence-corrected chi connectivity index (χ0v) is 10.6. The number of nitrogen functional groups attached to an aromatic ring is 1. The Morgan fingerprint density at radius 1 is 1.41 bits per heavy atom. The van der Waals surface area contributed by atoms with Crippen LogP contribution in [-0.4, -0.2) is 16.1 Å². The van der Waals surface area contributed by atoms with E-state index in [1.807, 2.05) is 6.92 Å². The number of hydrogen-bond donors (Lipinski definition) is 2. The van der Waals surface area contributed by atoms with Gasteiger partial charge in [-0.25, -0.2) is 0 Å². The van der Waals surface area contributed by atoms with Crippen molar-refractivity contribution in [3.05, 3.63) is 28.8 Å². The molecule has 7 heteroatoms. The summed E-state index contributed by atoms with van der Waals surface area (Å²) in [6, 6.07) is 4.98. The average molecular weight is 266 g/mol. The summed E-state index contributed by atoms with van der Waals surface area (Å²) in [5.74, 6) is -0.486. The Bertz CT molecular complexity index is 567. The fourth-order valence-corrected chi connectivity index (χ4v) is 3.00. The van der Waals surface area contributed by atoms with E-state index in [1.165, 1.54) is 23.1 Å². The molecule has 0 aliphatic heterocycles. The second kappa shape index (κ2) is 4.72. The summed E-state index contributed by atoms with van der Waals surface area (Å²) in [6.45, 7) is 1.89. The van der Waals surface area contributed by atoms with Crippen LogP contribution in [0.4, 0.5) is 5.69 Å². The minimum Gasteiger partial charge on any atom is -0.398 e. The van der Waals surface area contributed by atoms with Gasteiger partial charge in [-0.1, -0.05) is 23.1 Å². The summed E-state index contributed by atoms with van der Waals surface area (Å²) in [6.07, 6.45) is 0. The number of amides is 1. The van der Waals surface area contributed by atoms with Crippen LogP contribution in [0.15, 0.2) is 27.4 Å². The number of nitrogens with zero attached hydrogens (tertiary/aromatic N) is 2. The topological polar surface area (TPSA) is 94.9 Å². The molecule has 1 amide bonds. The maximum Gasteiger partial charge on any atom is 0.248 e. The van der Waals surface area contributed by atoms with Gasteiger partial charge in [-0.3, -0.25) is 4.79 Å². The van der Waals surface area contributed by atoms with E-state index in [2.05, 4.69) is 10.2 Å². The zero-order chi connectivity index (χ0) is 12.4. The van der Waals surface area contributed by atoms with Crippen molar-refractivity contribution in [2.45, 2.75) is 16.2 Å². The van der Waals surface area contributed by atoms with E-state index < -0.39 is 5.91 Å². The predicted molar refractivity (Wildman–Crippen MR) is 68.1 cm³/mol. The predicted octanol–water partition coefficient (Wildman–Crippen LogP) is 1.68. The number of benzene rings is 1. The number of carbonyl (C=O) groups excluding carboxylic acids is 1. The third-order valence-corrected chi connectivity index (χ3v) is 3.98. The Hall–Kier alpha value is -1.60. The van der Waals surface area contributed by atoms with Gasteiger partial charge in [-0.2, -0.15) is 0 Å². The smallest absolute Gasteiger partial charge is 0.248 e. The van der Waals surface area contributed by atoms with Crippen molar-refractivity contribution in [2.24, 2.45) is 5.73 Å². The van der Waals surface area contributed by atoms with Crippen molar-refractivity contribution < 1.29 is 4.79 Å². The second-order valence-corrected chi connectivity index (χ2v) is 5.78. The normalized spacial score (nSPS) is 10.4. The average Bonchev–Trinajstić information content (AvgIpc) is 2.67. The molecule has 0 atom stereocenters. The number of hydrogen-bond acceptors (Lipinski definition) is 6. The molecule has 0 bridgehead atoms. The van der Waals surface area contributed by atoms with Crippen LogP contribution in [0.5, 0.6) is 0 Å². The highest BCUT2D eigenvalue weighted by Crippen LogP contribution is 2.33. The first-order chi connectivity index (χ1) is 8.06. The fourth-order valence-electron chi connectivity index (χ4n) is 1.21. The number of primary amides is 1. The van der Waals surface area contributed by atoms with Crippen LogP contribution in [0.1, 0.15) is 15.4 Å². The Balaban J connectivity index is 2.25. The highest BCUT2D eigenvalue weighted by Gasteiger charge is 2.08. The lowest BCUT2D eigenvalue weighted by Gasteiger charge is -2.04. The van der Waals surface area contributed by atoms with Crippen LogP contribution < -0.4 is 11.5 Å². The molecule has 1 heterocycles. The number of nitrogens with two attached hydrogens (primary N) is 2. The summed E-state index contributed by atoms with van der Waals surface area (Å²) >= 11 is 2.92. The fraction of sp³-hybridized carbons (Fsp3) is 0.100. The standard InChI is InChI=1S/C10H10N4OS2/c1-5-13-14-10(16-5)17-8-3-2-6(9(12)15)4-7(8)11/h2-4H,11H2,1H3,(H2,12,15). The summed E-state index contributed by atoms with van der Waals surface area (Å²) in [5, 5.41) is 8.82. The van der Waals surface area contributed by atoms with Crippen molar-refractivity contribution in [1.29, 1.82) is 0 Å². The second-order valence-electron chi connectivity index (χ2n) is 3.31. The molecule has 5 nitrogen and oxygen atoms in total. The molecule has 0 radical (unpaired) electrons. The van der Waals surface area contributed by atoms with Gasteiger partial charge < -0.3 is 11.5 Å². The molecule has 1 aromatic heterocycles. The van der Waals surface area contributed by atoms with E-state index >= 15 is 0 Å². The summed E-state index contributed by atoms with van der Waals surface area (Å²) in [5.41, 5.74) is 11.9. The van der Waals surface area contributed by atoms with Gasteiger partial charge in [0.1, 0.15) is 5.01 Å². The van der Waals surface area contributed by atoms with Gasteiger partial charge in [0, 0.05) is 16.1 Å². The SMILES string of the molecule is Cc1nnc(Sc2ccc(C(N)=O)cc2N)s1. The molecule has 2 rings (SSSR count). The van der Waals surface area contributed by atoms with Crippen LogP contribution in [0.3, 0.4) is 0 Å². The molecular formula is C10H10N4OS2. The van der Waals surface area contributed by atoms with E-state index in [0.717, 1.165) is 14.2 Å². The third-order valence-electron chi connectivity index (χ3n) is 2.00. The van der Waals surface area contributed by atoms with E-state index in [9.17, 15) is 4.79 Å². The Labute approximate surface area is 106 Å². The number of carbonyl (C=O) groups is 1. The minimum absolute atomic E-state index is 0.403. The largest absolute Gasteiger partial charge is 0.398 e. The maximum atomic E-state index is 11.0. The quantitative estimate of drug-likeness (QED) is 0.824. The van der Waals surface area contributed by atoms with Crippen molar-refractivity contribution in [3.8, 4) is 0 Å². The summed E-state index contributed by atoms with van der Waals surface area (Å²) in [4.78, 5) is 11.8. The molecule has 4 N–H and O–H groups in total. The highest BCUT2D eigenvalue weighted by atomic mass is 32.2. The van der Waals surface area contributed by atoms with Crippen LogP contribution in [0.25, 0.3) is 0 Å². The molecule has 0 saturated heterocycles. The number of rotatable bonds is 3. The van der Waals surface area contributed by atoms with Crippen molar-refractivity contribution >= 4 is 34.7 Å². The van der Waals surface area contributed by atoms with Crippen LogP contribution in [0.2, 0.25) is 0 Å². The lowest BCUT2D eigenvalue weighted by molar-refractivity contribution is 0.100. The van der Waals surface area contributed by atoms with Gasteiger partial charge in [-0.15, -0.1) is 10.2 Å². The lowest BCUT2D eigenvalue weighted by atomic mass is 10.2. The Morgan fingerprint density at radius 2 is 2.18 bits per heavy atom. The molecule has 88 valence electrons. The Morgan fingerprint density at radius 3 is 2.71 bits per heavy atom. The van der Waals surface area contributed by atoms with Gasteiger partial charge in [0.05, 0.1) is 0 Å². The Kier molecular flexibility index (Phi) is 3.30. The number of anilines is 1. The van der Waals surface area contributed by atoms with Gasteiger partial charge in [0.25, 0.3) is 0 Å². The van der Waals surface area contributed by atoms with E-state index in [1.54, 1.807) is 18.2 Å². The van der Waals surface area contributed by atoms with Crippen molar-refractivity contribution in [2.75, 3.05) is 5.73 Å². The zero-order valence-electron chi connectivity index (χ0n) is 9.01. The molecule has 0 fully saturated rings. The monoisotopic (exact) mass is 266 g/mol. The van der Waals surface area contributed by atoms with Crippen molar-refractivity contribution in [3.63, 3.8) is 0 Å². The molecule has 2 aromatic rings. The number of aromatic nitrogens is 2. The molecule has 17 heavy (non-hydrogen) atoms. The first kappa shape index (κ1) is 11.9. The molecule has 0 spiro atoms. The van der Waals surface area contributed by atoms with Crippen LogP contribution in [-0.2, 0) is 0 Å². The van der Waals surface area contributed by atoms with Crippen LogP contribution >= 0.6 is 23.1 Å². The van der Waals surface area contributed by atoms with Crippen LogP contribution in [0, 0.1) is 6.92 Å². The van der Waals surface area contributed by atoms with E-state index in [-0.39, 0.29) is 0 Å². The first-order valence-corrected chi connectivity index (χ1v) is 6.37. The van der Waals surface area contributed by atoms with Gasteiger partial charge in [0.2, 0.25) is 5.91 Å². The molecule has 1 aromatic carbocycles. The van der Waals surface area contributed by atoms with E-state index in [0.29, 0.717) is 11.3 Å². The third kappa shape index (κ3) is 2.75. The van der Waals surface area contributed by atoms with Gasteiger partial charge in [-0.05, 0) is 25.1 Å². The highest BCUT2D eigenvalue weighted by molar-refractivity contribution is 8.01. The summed E-state index contributed by atoms with van der Waals surface area (Å²) < 4.78 is 0.820. The van der Waals surface area contributed by atoms with E-state index in [4.69, 9.17) is 11.5 Å². The molecule has 0 aliphatic carbocycles. The molecular weight excluding hydrogens is 256 g/mol. The van der Waals surface area contributed by atoms with Crippen molar-refractivity contribution in [1.82, 2.24) is 10.2 Å². The van der Waals surface area contributed by atoms with Gasteiger partial charge >= 0.3 is 0 Å².